The Morgan fingerprint density at radius 2 is 2.00 bits per heavy atom. The molecule has 0 saturated carbocycles. The van der Waals surface area contributed by atoms with Crippen molar-refractivity contribution < 1.29 is 24.5 Å². The van der Waals surface area contributed by atoms with Crippen LogP contribution in [0.2, 0.25) is 19.6 Å². The number of hydrogen-bond acceptors (Lipinski definition) is 9. The predicted molar refractivity (Wildman–Crippen MR) is 115 cm³/mol. The van der Waals surface area contributed by atoms with E-state index in [9.17, 15) is 15.0 Å². The highest BCUT2D eigenvalue weighted by atomic mass is 28.3. The lowest BCUT2D eigenvalue weighted by molar-refractivity contribution is -0.0564. The third kappa shape index (κ3) is 3.80. The normalized spacial score (nSPS) is 23.9. The Morgan fingerprint density at radius 1 is 1.26 bits per heavy atom. The molecule has 4 N–H and O–H groups in total. The van der Waals surface area contributed by atoms with E-state index in [0.29, 0.717) is 16.7 Å². The third-order valence-electron chi connectivity index (χ3n) is 5.35. The largest absolute Gasteiger partial charge is 0.451 e. The van der Waals surface area contributed by atoms with Crippen LogP contribution in [0.25, 0.3) is 11.2 Å². The van der Waals surface area contributed by atoms with Gasteiger partial charge in [-0.05, 0) is 11.3 Å². The molecule has 3 aromatic rings. The van der Waals surface area contributed by atoms with Crippen LogP contribution in [0, 0.1) is 0 Å². The summed E-state index contributed by atoms with van der Waals surface area (Å²) in [5.41, 5.74) is 7.05. The molecule has 1 aliphatic rings. The van der Waals surface area contributed by atoms with Crippen LogP contribution < -0.4 is 10.9 Å². The zero-order valence-electron chi connectivity index (χ0n) is 17.5. The minimum atomic E-state index is -1.83. The molecule has 4 rings (SSSR count). The molecule has 4 atom stereocenters. The highest BCUT2D eigenvalue weighted by Crippen LogP contribution is 2.34. The Bertz CT molecular complexity index is 1110. The SMILES string of the molecule is C[Si](C)(C)c1ccccc1C(=O)O[C@@H]1[C@H](O)[C@@H](CO)O[C@H]1n1cnc2c(N)ncnc21. The van der Waals surface area contributed by atoms with Gasteiger partial charge < -0.3 is 25.4 Å². The fraction of sp³-hybridized carbons (Fsp3) is 0.400. The van der Waals surface area contributed by atoms with Crippen molar-refractivity contribution in [3.05, 3.63) is 42.5 Å². The molecule has 164 valence electrons. The number of carbonyl (C=O) groups is 1. The molecule has 1 saturated heterocycles. The molecule has 10 nitrogen and oxygen atoms in total. The summed E-state index contributed by atoms with van der Waals surface area (Å²) >= 11 is 0. The number of hydrogen-bond donors (Lipinski definition) is 3. The number of nitrogens with zero attached hydrogens (tertiary/aromatic N) is 4. The molecular formula is C20H25N5O5Si. The molecule has 1 fully saturated rings. The van der Waals surface area contributed by atoms with Gasteiger partial charge in [0.25, 0.3) is 0 Å². The average molecular weight is 444 g/mol. The van der Waals surface area contributed by atoms with Gasteiger partial charge in [-0.2, -0.15) is 0 Å². The Hall–Kier alpha value is -2.86. The van der Waals surface area contributed by atoms with Crippen LogP contribution in [0.4, 0.5) is 5.82 Å². The van der Waals surface area contributed by atoms with E-state index in [1.54, 1.807) is 12.1 Å². The summed E-state index contributed by atoms with van der Waals surface area (Å²) < 4.78 is 13.1. The zero-order chi connectivity index (χ0) is 22.3. The van der Waals surface area contributed by atoms with Gasteiger partial charge >= 0.3 is 5.97 Å². The second-order valence-corrected chi connectivity index (χ2v) is 13.5. The molecule has 2 aromatic heterocycles. The molecule has 11 heteroatoms. The van der Waals surface area contributed by atoms with E-state index in [1.807, 2.05) is 12.1 Å². The van der Waals surface area contributed by atoms with Gasteiger partial charge in [0.1, 0.15) is 24.1 Å². The van der Waals surface area contributed by atoms with Crippen molar-refractivity contribution in [3.63, 3.8) is 0 Å². The monoisotopic (exact) mass is 443 g/mol. The summed E-state index contributed by atoms with van der Waals surface area (Å²) in [6.07, 6.45) is -1.50. The smallest absolute Gasteiger partial charge is 0.338 e. The Balaban J connectivity index is 1.70. The number of aliphatic hydroxyl groups is 2. The first-order chi connectivity index (χ1) is 14.7. The van der Waals surface area contributed by atoms with Gasteiger partial charge in [-0.1, -0.05) is 37.8 Å². The van der Waals surface area contributed by atoms with Crippen LogP contribution in [0.5, 0.6) is 0 Å². The first-order valence-corrected chi connectivity index (χ1v) is 13.4. The van der Waals surface area contributed by atoms with Gasteiger partial charge in [-0.15, -0.1) is 0 Å². The third-order valence-corrected chi connectivity index (χ3v) is 7.40. The number of anilines is 1. The van der Waals surface area contributed by atoms with Crippen LogP contribution in [0.15, 0.2) is 36.9 Å². The number of nitrogen functional groups attached to an aromatic ring is 1. The van der Waals surface area contributed by atoms with Gasteiger partial charge in [0.05, 0.1) is 26.6 Å². The molecule has 3 heterocycles. The minimum absolute atomic E-state index is 0.193. The van der Waals surface area contributed by atoms with Gasteiger partial charge in [0, 0.05) is 0 Å². The summed E-state index contributed by atoms with van der Waals surface area (Å²) in [6, 6.07) is 7.32. The van der Waals surface area contributed by atoms with E-state index in [0.717, 1.165) is 5.19 Å². The van der Waals surface area contributed by atoms with Crippen molar-refractivity contribution in [2.75, 3.05) is 12.3 Å². The number of rotatable bonds is 5. The Morgan fingerprint density at radius 3 is 2.71 bits per heavy atom. The average Bonchev–Trinajstić information content (AvgIpc) is 3.29. The molecule has 0 spiro atoms. The Labute approximate surface area is 179 Å². The molecule has 1 aromatic carbocycles. The molecule has 0 unspecified atom stereocenters. The molecule has 0 radical (unpaired) electrons. The van der Waals surface area contributed by atoms with Crippen molar-refractivity contribution in [2.24, 2.45) is 0 Å². The second-order valence-electron chi connectivity index (χ2n) is 8.49. The maximum absolute atomic E-state index is 13.1. The van der Waals surface area contributed by atoms with Crippen LogP contribution >= 0.6 is 0 Å². The maximum atomic E-state index is 13.1. The number of aromatic nitrogens is 4. The zero-order valence-corrected chi connectivity index (χ0v) is 18.5. The second kappa shape index (κ2) is 8.00. The number of ether oxygens (including phenoxy) is 2. The molecule has 0 aliphatic carbocycles. The van der Waals surface area contributed by atoms with E-state index in [4.69, 9.17) is 15.2 Å². The van der Waals surface area contributed by atoms with Crippen molar-refractivity contribution >= 4 is 36.2 Å². The van der Waals surface area contributed by atoms with E-state index >= 15 is 0 Å². The van der Waals surface area contributed by atoms with Crippen LogP contribution in [0.3, 0.4) is 0 Å². The Kier molecular flexibility index (Phi) is 5.52. The lowest BCUT2D eigenvalue weighted by Gasteiger charge is -2.24. The van der Waals surface area contributed by atoms with E-state index < -0.39 is 45.2 Å². The van der Waals surface area contributed by atoms with E-state index in [1.165, 1.54) is 17.2 Å². The first kappa shape index (κ1) is 21.4. The highest BCUT2D eigenvalue weighted by molar-refractivity contribution is 6.89. The van der Waals surface area contributed by atoms with Gasteiger partial charge in [-0.3, -0.25) is 4.57 Å². The number of nitrogens with two attached hydrogens (primary N) is 1. The van der Waals surface area contributed by atoms with Crippen LogP contribution in [-0.2, 0) is 9.47 Å². The van der Waals surface area contributed by atoms with Crippen molar-refractivity contribution in [3.8, 4) is 0 Å². The maximum Gasteiger partial charge on any atom is 0.338 e. The quantitative estimate of drug-likeness (QED) is 0.377. The molecular weight excluding hydrogens is 418 g/mol. The number of esters is 1. The number of imidazole rings is 1. The van der Waals surface area contributed by atoms with Crippen molar-refractivity contribution in [2.45, 2.75) is 44.2 Å². The lowest BCUT2D eigenvalue weighted by Crippen LogP contribution is -2.43. The van der Waals surface area contributed by atoms with E-state index in [2.05, 4.69) is 34.6 Å². The summed E-state index contributed by atoms with van der Waals surface area (Å²) in [7, 11) is -1.83. The number of benzene rings is 1. The minimum Gasteiger partial charge on any atom is -0.451 e. The van der Waals surface area contributed by atoms with Gasteiger partial charge in [0.15, 0.2) is 23.8 Å². The summed E-state index contributed by atoms with van der Waals surface area (Å²) in [6.45, 7) is 5.97. The van der Waals surface area contributed by atoms with Crippen molar-refractivity contribution in [1.82, 2.24) is 19.5 Å². The van der Waals surface area contributed by atoms with Crippen LogP contribution in [-0.4, -0.2) is 68.7 Å². The fourth-order valence-electron chi connectivity index (χ4n) is 3.78. The first-order valence-electron chi connectivity index (χ1n) is 9.90. The number of carbonyl (C=O) groups excluding carboxylic acids is 1. The summed E-state index contributed by atoms with van der Waals surface area (Å²) in [5.74, 6) is -0.369. The van der Waals surface area contributed by atoms with Crippen LogP contribution in [0.1, 0.15) is 16.6 Å². The predicted octanol–water partition coefficient (Wildman–Crippen LogP) is 0.430. The highest BCUT2D eigenvalue weighted by Gasteiger charge is 2.48. The summed E-state index contributed by atoms with van der Waals surface area (Å²) in [4.78, 5) is 25.5. The van der Waals surface area contributed by atoms with Gasteiger partial charge in [0.2, 0.25) is 0 Å². The lowest BCUT2D eigenvalue weighted by atomic mass is 10.1. The fourth-order valence-corrected chi connectivity index (χ4v) is 5.37. The standard InChI is InChI=1S/C20H25N5O5Si/c1-31(2,3)13-7-5-4-6-11(13)20(28)30-16-15(27)12(8-26)29-19(16)25-10-24-14-17(21)22-9-23-18(14)25/h4-7,9-10,12,15-16,19,26-27H,8H2,1-3H3,(H2,21,22,23)/t12-,15-,16-,19-/m1/s1. The van der Waals surface area contributed by atoms with Gasteiger partial charge in [-0.25, -0.2) is 19.7 Å². The molecule has 0 amide bonds. The topological polar surface area (TPSA) is 146 Å². The number of fused-ring (bicyclic) bond motifs is 1. The number of aliphatic hydroxyl groups excluding tert-OH is 2. The summed E-state index contributed by atoms with van der Waals surface area (Å²) in [5, 5.41) is 21.3. The van der Waals surface area contributed by atoms with Crippen molar-refractivity contribution in [1.29, 1.82) is 0 Å². The molecule has 31 heavy (non-hydrogen) atoms. The van der Waals surface area contributed by atoms with E-state index in [-0.39, 0.29) is 5.82 Å². The molecule has 0 bridgehead atoms. The molecule has 1 aliphatic heterocycles.